The number of alkyl halides is 3. The van der Waals surface area contributed by atoms with Gasteiger partial charge in [0.25, 0.3) is 5.91 Å². The maximum absolute atomic E-state index is 13.8. The van der Waals surface area contributed by atoms with Gasteiger partial charge in [-0.2, -0.15) is 13.2 Å². The van der Waals surface area contributed by atoms with Gasteiger partial charge in [-0.1, -0.05) is 32.0 Å². The fourth-order valence-corrected chi connectivity index (χ4v) is 7.19. The number of amides is 4. The number of halogens is 3. The largest absolute Gasteiger partial charge is 0.457 e. The summed E-state index contributed by atoms with van der Waals surface area (Å²) in [6.07, 6.45) is -2.41. The number of aromatic nitrogens is 1. The average Bonchev–Trinajstić information content (AvgIpc) is 3.40. The maximum Gasteiger partial charge on any atom is 0.400 e. The normalized spacial score (nSPS) is 17.1. The first kappa shape index (κ1) is 32.3. The lowest BCUT2D eigenvalue weighted by Gasteiger charge is -2.36. The highest BCUT2D eigenvalue weighted by atomic mass is 32.1. The molecule has 4 amide bonds. The summed E-state index contributed by atoms with van der Waals surface area (Å²) in [5.41, 5.74) is 2.29. The van der Waals surface area contributed by atoms with Gasteiger partial charge in [0.2, 0.25) is 5.91 Å². The molecule has 2 aromatic heterocycles. The van der Waals surface area contributed by atoms with Gasteiger partial charge >= 0.3 is 12.2 Å². The summed E-state index contributed by atoms with van der Waals surface area (Å²) in [6.45, 7) is 5.35. The van der Waals surface area contributed by atoms with Gasteiger partial charge in [-0.25, -0.2) is 9.78 Å². The molecule has 0 radical (unpaired) electrons. The fourth-order valence-electron chi connectivity index (χ4n) is 6.16. The Morgan fingerprint density at radius 1 is 1.11 bits per heavy atom. The molecule has 246 valence electrons. The van der Waals surface area contributed by atoms with Crippen LogP contribution in [-0.2, 0) is 4.79 Å². The summed E-state index contributed by atoms with van der Waals surface area (Å²) < 4.78 is 47.2. The highest BCUT2D eigenvalue weighted by Crippen LogP contribution is 2.46. The number of hydrogen-bond acceptors (Lipinski definition) is 6. The first-order chi connectivity index (χ1) is 22.4. The Kier molecular flexibility index (Phi) is 8.84. The number of piperidine rings is 1. The number of hydrogen-bond donors (Lipinski definition) is 2. The van der Waals surface area contributed by atoms with Crippen LogP contribution in [0.4, 0.5) is 35.0 Å². The number of rotatable bonds is 8. The standard InChI is InChI=1S/C34H34F3N5O4S/c1-19(2)16-24(34(35,36)37)32(44)41-15-7-8-21(18-41)39-30(43)29-28-27-26(13-14-38-31(27)47-29)42(33(45)40-28)25-12-11-23(17-20(25)3)46-22-9-5-4-6-10-22/h4-6,9-14,17,19,21,24H,7-8,15-16,18H2,1-3H3,(H,39,43)(H,40,45)/t21-,24?/m1/s1. The minimum absolute atomic E-state index is 0.0254. The molecule has 1 fully saturated rings. The number of carbonyl (C=O) groups is 3. The minimum atomic E-state index is -4.65. The molecule has 47 heavy (non-hydrogen) atoms. The Morgan fingerprint density at radius 3 is 2.57 bits per heavy atom. The highest BCUT2D eigenvalue weighted by molar-refractivity contribution is 7.21. The van der Waals surface area contributed by atoms with E-state index in [4.69, 9.17) is 4.74 Å². The molecule has 0 bridgehead atoms. The van der Waals surface area contributed by atoms with Crippen LogP contribution in [-0.4, -0.2) is 53.0 Å². The van der Waals surface area contributed by atoms with Crippen molar-refractivity contribution < 1.29 is 32.3 Å². The number of pyridine rings is 1. The van der Waals surface area contributed by atoms with Gasteiger partial charge in [0.05, 0.1) is 22.4 Å². The molecule has 0 spiro atoms. The number of aryl methyl sites for hydroxylation is 1. The predicted molar refractivity (Wildman–Crippen MR) is 175 cm³/mol. The van der Waals surface area contributed by atoms with Crippen LogP contribution in [0.5, 0.6) is 11.5 Å². The van der Waals surface area contributed by atoms with Gasteiger partial charge in [-0.05, 0) is 74.1 Å². The number of benzene rings is 2. The number of thiophene rings is 1. The van der Waals surface area contributed by atoms with Gasteiger partial charge in [0.1, 0.15) is 27.1 Å². The van der Waals surface area contributed by atoms with Crippen molar-refractivity contribution in [2.75, 3.05) is 23.3 Å². The zero-order chi connectivity index (χ0) is 33.5. The van der Waals surface area contributed by atoms with Crippen LogP contribution >= 0.6 is 11.3 Å². The van der Waals surface area contributed by atoms with E-state index in [1.54, 1.807) is 38.2 Å². The molecule has 1 unspecified atom stereocenters. The lowest BCUT2D eigenvalue weighted by atomic mass is 9.94. The van der Waals surface area contributed by atoms with Gasteiger partial charge < -0.3 is 20.3 Å². The molecule has 4 heterocycles. The second kappa shape index (κ2) is 12.9. The van der Waals surface area contributed by atoms with Crippen LogP contribution in [0.15, 0.2) is 60.8 Å². The van der Waals surface area contributed by atoms with Crippen molar-refractivity contribution in [3.05, 3.63) is 71.2 Å². The van der Waals surface area contributed by atoms with Crippen molar-refractivity contribution in [2.24, 2.45) is 11.8 Å². The van der Waals surface area contributed by atoms with E-state index in [2.05, 4.69) is 15.6 Å². The molecule has 6 rings (SSSR count). The van der Waals surface area contributed by atoms with E-state index in [9.17, 15) is 27.6 Å². The summed E-state index contributed by atoms with van der Waals surface area (Å²) >= 11 is 1.11. The molecular formula is C34H34F3N5O4S. The van der Waals surface area contributed by atoms with E-state index in [1.807, 2.05) is 43.3 Å². The number of anilines is 3. The number of carbonyl (C=O) groups excluding carboxylic acids is 3. The number of nitrogens with zero attached hydrogens (tertiary/aromatic N) is 3. The van der Waals surface area contributed by atoms with Crippen LogP contribution in [0.1, 0.15) is 48.3 Å². The Bertz CT molecular complexity index is 1830. The van der Waals surface area contributed by atoms with E-state index < -0.39 is 36.0 Å². The zero-order valence-electron chi connectivity index (χ0n) is 26.1. The van der Waals surface area contributed by atoms with Crippen LogP contribution in [0.2, 0.25) is 0 Å². The predicted octanol–water partition coefficient (Wildman–Crippen LogP) is 8.03. The molecule has 2 atom stereocenters. The number of urea groups is 1. The van der Waals surface area contributed by atoms with Crippen molar-refractivity contribution in [1.29, 1.82) is 0 Å². The topological polar surface area (TPSA) is 104 Å². The molecule has 2 N–H and O–H groups in total. The Balaban J connectivity index is 1.23. The number of ether oxygens (including phenoxy) is 1. The summed E-state index contributed by atoms with van der Waals surface area (Å²) in [7, 11) is 0. The lowest BCUT2D eigenvalue weighted by Crippen LogP contribution is -2.52. The summed E-state index contributed by atoms with van der Waals surface area (Å²) in [4.78, 5) is 48.2. The van der Waals surface area contributed by atoms with Gasteiger partial charge in [0, 0.05) is 25.3 Å². The molecule has 0 aliphatic carbocycles. The molecule has 2 aliphatic rings. The summed E-state index contributed by atoms with van der Waals surface area (Å²) in [5.74, 6) is -2.54. The molecule has 1 saturated heterocycles. The second-order valence-corrected chi connectivity index (χ2v) is 13.3. The third-order valence-electron chi connectivity index (χ3n) is 8.31. The van der Waals surface area contributed by atoms with Crippen molar-refractivity contribution in [3.63, 3.8) is 0 Å². The van der Waals surface area contributed by atoms with Crippen LogP contribution in [0.25, 0.3) is 10.2 Å². The Morgan fingerprint density at radius 2 is 1.87 bits per heavy atom. The second-order valence-electron chi connectivity index (χ2n) is 12.3. The van der Waals surface area contributed by atoms with Crippen LogP contribution < -0.4 is 20.3 Å². The molecule has 2 aromatic carbocycles. The SMILES string of the molecule is Cc1cc(Oc2ccccc2)ccc1N1C(=O)Nc2c(C(=O)N[C@@H]3CCCN(C(=O)C(CC(C)C)C(F)(F)F)C3)sc3nccc1c23. The van der Waals surface area contributed by atoms with Crippen molar-refractivity contribution in [1.82, 2.24) is 15.2 Å². The maximum atomic E-state index is 13.8. The molecule has 2 aliphatic heterocycles. The smallest absolute Gasteiger partial charge is 0.400 e. The fraction of sp³-hybridized carbons (Fsp3) is 0.353. The average molecular weight is 666 g/mol. The Hall–Kier alpha value is -4.65. The van der Waals surface area contributed by atoms with E-state index in [0.29, 0.717) is 51.6 Å². The van der Waals surface area contributed by atoms with E-state index in [-0.39, 0.29) is 30.3 Å². The first-order valence-corrected chi connectivity index (χ1v) is 16.2. The van der Waals surface area contributed by atoms with E-state index >= 15 is 0 Å². The molecule has 9 nitrogen and oxygen atoms in total. The molecular weight excluding hydrogens is 631 g/mol. The summed E-state index contributed by atoms with van der Waals surface area (Å²) in [5, 5.41) is 6.38. The third-order valence-corrected chi connectivity index (χ3v) is 9.41. The summed E-state index contributed by atoms with van der Waals surface area (Å²) in [6, 6.07) is 15.5. The quantitative estimate of drug-likeness (QED) is 0.198. The number of para-hydroxylation sites is 1. The highest BCUT2D eigenvalue weighted by Gasteiger charge is 2.47. The molecule has 4 aromatic rings. The monoisotopic (exact) mass is 665 g/mol. The lowest BCUT2D eigenvalue weighted by molar-refractivity contribution is -0.192. The van der Waals surface area contributed by atoms with Gasteiger partial charge in [0.15, 0.2) is 0 Å². The van der Waals surface area contributed by atoms with Crippen LogP contribution in [0, 0.1) is 18.8 Å². The molecule has 13 heteroatoms. The first-order valence-electron chi connectivity index (χ1n) is 15.4. The van der Waals surface area contributed by atoms with Crippen LogP contribution in [0.3, 0.4) is 0 Å². The minimum Gasteiger partial charge on any atom is -0.457 e. The zero-order valence-corrected chi connectivity index (χ0v) is 26.9. The van der Waals surface area contributed by atoms with Gasteiger partial charge in [-0.3, -0.25) is 14.5 Å². The van der Waals surface area contributed by atoms with Crippen molar-refractivity contribution in [3.8, 4) is 11.5 Å². The van der Waals surface area contributed by atoms with Crippen molar-refractivity contribution >= 4 is 56.5 Å². The number of likely N-dealkylation sites (tertiary alicyclic amines) is 1. The van der Waals surface area contributed by atoms with Gasteiger partial charge in [-0.15, -0.1) is 11.3 Å². The third kappa shape index (κ3) is 6.62. The Labute approximate surface area is 273 Å². The van der Waals surface area contributed by atoms with E-state index in [1.165, 1.54) is 9.80 Å². The van der Waals surface area contributed by atoms with E-state index in [0.717, 1.165) is 16.9 Å². The van der Waals surface area contributed by atoms with Crippen molar-refractivity contribution in [2.45, 2.75) is 52.3 Å². The number of nitrogens with one attached hydrogen (secondary N) is 2. The molecule has 0 saturated carbocycles.